The Bertz CT molecular complexity index is 348. The monoisotopic (exact) mass is 259 g/mol. The number of halogens is 2. The molecule has 0 aliphatic rings. The fraction of sp³-hybridized carbons (Fsp3) is 0.538. The smallest absolute Gasteiger partial charge is 0.0453 e. The van der Waals surface area contributed by atoms with Gasteiger partial charge in [0.05, 0.1) is 0 Å². The molecule has 1 nitrogen and oxygen atoms in total. The summed E-state index contributed by atoms with van der Waals surface area (Å²) in [4.78, 5) is 0. The third kappa shape index (κ3) is 4.32. The van der Waals surface area contributed by atoms with Crippen molar-refractivity contribution in [3.8, 4) is 0 Å². The number of rotatable bonds is 5. The lowest BCUT2D eigenvalue weighted by Gasteiger charge is -2.25. The molecule has 90 valence electrons. The molecule has 0 aromatic heterocycles. The highest BCUT2D eigenvalue weighted by Crippen LogP contribution is 2.30. The SMILES string of the molecule is CNCCC(C)(C)Cc1ccc(Cl)cc1Cl. The second kappa shape index (κ2) is 5.90. The fourth-order valence-corrected chi connectivity index (χ4v) is 2.21. The van der Waals surface area contributed by atoms with Crippen molar-refractivity contribution in [2.24, 2.45) is 5.41 Å². The predicted octanol–water partition coefficient (Wildman–Crippen LogP) is 4.17. The summed E-state index contributed by atoms with van der Waals surface area (Å²) in [5.74, 6) is 0. The minimum absolute atomic E-state index is 0.250. The van der Waals surface area contributed by atoms with E-state index in [-0.39, 0.29) is 5.41 Å². The summed E-state index contributed by atoms with van der Waals surface area (Å²) in [6.45, 7) is 5.54. The molecule has 0 aliphatic heterocycles. The molecule has 0 spiro atoms. The summed E-state index contributed by atoms with van der Waals surface area (Å²) in [7, 11) is 1.98. The summed E-state index contributed by atoms with van der Waals surface area (Å²) in [5, 5.41) is 4.64. The van der Waals surface area contributed by atoms with E-state index in [1.807, 2.05) is 25.2 Å². The van der Waals surface area contributed by atoms with E-state index in [0.29, 0.717) is 5.02 Å². The second-order valence-corrected chi connectivity index (χ2v) is 5.77. The van der Waals surface area contributed by atoms with Crippen LogP contribution in [0.2, 0.25) is 10.0 Å². The van der Waals surface area contributed by atoms with Crippen LogP contribution < -0.4 is 5.32 Å². The molecule has 0 bridgehead atoms. The van der Waals surface area contributed by atoms with Crippen LogP contribution in [0, 0.1) is 5.41 Å². The Morgan fingerprint density at radius 1 is 1.25 bits per heavy atom. The van der Waals surface area contributed by atoms with E-state index in [1.54, 1.807) is 0 Å². The van der Waals surface area contributed by atoms with Gasteiger partial charge in [-0.25, -0.2) is 0 Å². The van der Waals surface area contributed by atoms with Crippen LogP contribution in [-0.2, 0) is 6.42 Å². The van der Waals surface area contributed by atoms with E-state index in [4.69, 9.17) is 23.2 Å². The lowest BCUT2D eigenvalue weighted by Crippen LogP contribution is -2.21. The minimum Gasteiger partial charge on any atom is -0.320 e. The van der Waals surface area contributed by atoms with Gasteiger partial charge >= 0.3 is 0 Å². The Kier molecular flexibility index (Phi) is 5.10. The van der Waals surface area contributed by atoms with E-state index in [1.165, 1.54) is 5.56 Å². The van der Waals surface area contributed by atoms with Crippen LogP contribution in [0.25, 0.3) is 0 Å². The van der Waals surface area contributed by atoms with Gasteiger partial charge in [-0.2, -0.15) is 0 Å². The van der Waals surface area contributed by atoms with Crippen LogP contribution in [0.5, 0.6) is 0 Å². The molecule has 1 N–H and O–H groups in total. The van der Waals surface area contributed by atoms with Crippen LogP contribution in [0.4, 0.5) is 0 Å². The van der Waals surface area contributed by atoms with Crippen molar-refractivity contribution in [2.45, 2.75) is 26.7 Å². The molecule has 0 heterocycles. The van der Waals surface area contributed by atoms with E-state index in [2.05, 4.69) is 19.2 Å². The summed E-state index contributed by atoms with van der Waals surface area (Å²) in [5.41, 5.74) is 1.42. The van der Waals surface area contributed by atoms with E-state index in [9.17, 15) is 0 Å². The van der Waals surface area contributed by atoms with Crippen molar-refractivity contribution in [3.63, 3.8) is 0 Å². The average Bonchev–Trinajstić information content (AvgIpc) is 2.19. The maximum Gasteiger partial charge on any atom is 0.0453 e. The fourth-order valence-electron chi connectivity index (χ4n) is 1.73. The van der Waals surface area contributed by atoms with Crippen molar-refractivity contribution in [2.75, 3.05) is 13.6 Å². The van der Waals surface area contributed by atoms with Gasteiger partial charge in [-0.1, -0.05) is 43.1 Å². The summed E-state index contributed by atoms with van der Waals surface area (Å²) in [6.07, 6.45) is 2.10. The number of hydrogen-bond donors (Lipinski definition) is 1. The predicted molar refractivity (Wildman–Crippen MR) is 72.5 cm³/mol. The van der Waals surface area contributed by atoms with Crippen LogP contribution in [0.15, 0.2) is 18.2 Å². The highest BCUT2D eigenvalue weighted by Gasteiger charge is 2.19. The van der Waals surface area contributed by atoms with E-state index in [0.717, 1.165) is 24.4 Å². The van der Waals surface area contributed by atoms with Gasteiger partial charge in [0, 0.05) is 10.0 Å². The van der Waals surface area contributed by atoms with Crippen molar-refractivity contribution in [1.82, 2.24) is 5.32 Å². The van der Waals surface area contributed by atoms with Crippen molar-refractivity contribution < 1.29 is 0 Å². The zero-order valence-electron chi connectivity index (χ0n) is 10.1. The van der Waals surface area contributed by atoms with Crippen molar-refractivity contribution >= 4 is 23.2 Å². The highest BCUT2D eigenvalue weighted by molar-refractivity contribution is 6.35. The van der Waals surface area contributed by atoms with E-state index >= 15 is 0 Å². The molecule has 0 saturated heterocycles. The number of nitrogens with one attached hydrogen (secondary N) is 1. The molecular formula is C13H19Cl2N. The van der Waals surface area contributed by atoms with Gasteiger partial charge in [0.25, 0.3) is 0 Å². The van der Waals surface area contributed by atoms with Crippen LogP contribution in [0.1, 0.15) is 25.8 Å². The molecule has 1 aromatic carbocycles. The molecule has 0 radical (unpaired) electrons. The normalized spacial score (nSPS) is 11.8. The first-order valence-corrected chi connectivity index (χ1v) is 6.29. The Hall–Kier alpha value is -0.240. The average molecular weight is 260 g/mol. The first kappa shape index (κ1) is 13.8. The molecule has 0 amide bonds. The van der Waals surface area contributed by atoms with Gasteiger partial charge in [0.1, 0.15) is 0 Å². The van der Waals surface area contributed by atoms with Gasteiger partial charge in [0.15, 0.2) is 0 Å². The first-order valence-electron chi connectivity index (χ1n) is 5.53. The van der Waals surface area contributed by atoms with Gasteiger partial charge in [0.2, 0.25) is 0 Å². The molecule has 16 heavy (non-hydrogen) atoms. The molecule has 0 atom stereocenters. The van der Waals surface area contributed by atoms with Gasteiger partial charge < -0.3 is 5.32 Å². The number of hydrogen-bond acceptors (Lipinski definition) is 1. The summed E-state index contributed by atoms with van der Waals surface area (Å²) < 4.78 is 0. The Balaban J connectivity index is 2.71. The van der Waals surface area contributed by atoms with Crippen molar-refractivity contribution in [3.05, 3.63) is 33.8 Å². The molecule has 0 aliphatic carbocycles. The maximum atomic E-state index is 6.17. The maximum absolute atomic E-state index is 6.17. The van der Waals surface area contributed by atoms with Gasteiger partial charge in [-0.3, -0.25) is 0 Å². The molecule has 0 fully saturated rings. The minimum atomic E-state index is 0.250. The van der Waals surface area contributed by atoms with E-state index < -0.39 is 0 Å². The molecule has 0 saturated carbocycles. The lowest BCUT2D eigenvalue weighted by molar-refractivity contribution is 0.329. The summed E-state index contributed by atoms with van der Waals surface area (Å²) >= 11 is 12.0. The standard InChI is InChI=1S/C13H19Cl2N/c1-13(2,6-7-16-3)9-10-4-5-11(14)8-12(10)15/h4-5,8,16H,6-7,9H2,1-3H3. The Morgan fingerprint density at radius 3 is 2.50 bits per heavy atom. The van der Waals surface area contributed by atoms with Gasteiger partial charge in [-0.05, 0) is 49.5 Å². The Morgan fingerprint density at radius 2 is 1.94 bits per heavy atom. The van der Waals surface area contributed by atoms with Crippen LogP contribution in [0.3, 0.4) is 0 Å². The topological polar surface area (TPSA) is 12.0 Å². The first-order chi connectivity index (χ1) is 7.44. The molecule has 1 aromatic rings. The largest absolute Gasteiger partial charge is 0.320 e. The highest BCUT2D eigenvalue weighted by atomic mass is 35.5. The third-order valence-corrected chi connectivity index (χ3v) is 3.32. The Labute approximate surface area is 108 Å². The van der Waals surface area contributed by atoms with Gasteiger partial charge in [-0.15, -0.1) is 0 Å². The molecule has 1 rings (SSSR count). The van der Waals surface area contributed by atoms with Crippen LogP contribution in [-0.4, -0.2) is 13.6 Å². The lowest BCUT2D eigenvalue weighted by atomic mass is 9.82. The quantitative estimate of drug-likeness (QED) is 0.837. The number of benzene rings is 1. The molecule has 0 unspecified atom stereocenters. The zero-order valence-corrected chi connectivity index (χ0v) is 11.6. The summed E-state index contributed by atoms with van der Waals surface area (Å²) in [6, 6.07) is 5.73. The van der Waals surface area contributed by atoms with Crippen molar-refractivity contribution in [1.29, 1.82) is 0 Å². The molecule has 3 heteroatoms. The molecular weight excluding hydrogens is 241 g/mol. The third-order valence-electron chi connectivity index (χ3n) is 2.74. The zero-order chi connectivity index (χ0) is 12.2. The van der Waals surface area contributed by atoms with Crippen LogP contribution >= 0.6 is 23.2 Å². The second-order valence-electron chi connectivity index (χ2n) is 4.93.